The molecule has 1 aromatic heterocycles. The van der Waals surface area contributed by atoms with Crippen LogP contribution in [0.2, 0.25) is 0 Å². The molecule has 0 aliphatic carbocycles. The Bertz CT molecular complexity index is 574. The molecular weight excluding hydrogens is 230 g/mol. The van der Waals surface area contributed by atoms with Gasteiger partial charge in [-0.3, -0.25) is 0 Å². The van der Waals surface area contributed by atoms with Crippen molar-refractivity contribution in [3.63, 3.8) is 0 Å². The molecule has 1 heterocycles. The summed E-state index contributed by atoms with van der Waals surface area (Å²) >= 11 is 0. The van der Waals surface area contributed by atoms with Crippen LogP contribution < -0.4 is 0 Å². The third-order valence-corrected chi connectivity index (χ3v) is 3.13. The molecule has 0 spiro atoms. The van der Waals surface area contributed by atoms with Crippen molar-refractivity contribution < 1.29 is 0 Å². The minimum atomic E-state index is 1.24. The Kier molecular flexibility index (Phi) is 4.57. The van der Waals surface area contributed by atoms with Gasteiger partial charge < -0.3 is 4.98 Å². The Morgan fingerprint density at radius 3 is 1.68 bits per heavy atom. The summed E-state index contributed by atoms with van der Waals surface area (Å²) in [6.07, 6.45) is 3.93. The van der Waals surface area contributed by atoms with Gasteiger partial charge in [-0.25, -0.2) is 0 Å². The summed E-state index contributed by atoms with van der Waals surface area (Å²) in [5.41, 5.74) is 5.24. The van der Waals surface area contributed by atoms with Crippen LogP contribution >= 0.6 is 0 Å². The highest BCUT2D eigenvalue weighted by Crippen LogP contribution is 2.16. The van der Waals surface area contributed by atoms with Crippen LogP contribution in [0.3, 0.4) is 0 Å². The van der Waals surface area contributed by atoms with E-state index in [1.807, 2.05) is 30.6 Å². The maximum atomic E-state index is 3.03. The molecule has 2 aromatic carbocycles. The largest absolute Gasteiger partial charge is 0.367 e. The predicted molar refractivity (Wildman–Crippen MR) is 82.1 cm³/mol. The zero-order valence-corrected chi connectivity index (χ0v) is 11.4. The van der Waals surface area contributed by atoms with Crippen molar-refractivity contribution in [1.82, 2.24) is 4.98 Å². The Morgan fingerprint density at radius 2 is 1.21 bits per heavy atom. The third-order valence-electron chi connectivity index (χ3n) is 3.13. The number of aromatic amines is 1. The second-order valence-corrected chi connectivity index (χ2v) is 4.55. The molecule has 0 unspecified atom stereocenters. The van der Waals surface area contributed by atoms with Crippen LogP contribution in [0.4, 0.5) is 0 Å². The van der Waals surface area contributed by atoms with Gasteiger partial charge in [-0.2, -0.15) is 0 Å². The number of rotatable bonds is 1. The van der Waals surface area contributed by atoms with E-state index < -0.39 is 0 Å². The van der Waals surface area contributed by atoms with Gasteiger partial charge in [0.25, 0.3) is 0 Å². The highest BCUT2D eigenvalue weighted by atomic mass is 14.6. The topological polar surface area (TPSA) is 15.8 Å². The Balaban J connectivity index is 0.000000148. The molecule has 0 radical (unpaired) electrons. The molecule has 0 aliphatic rings. The summed E-state index contributed by atoms with van der Waals surface area (Å²) in [5, 5.41) is 0. The summed E-state index contributed by atoms with van der Waals surface area (Å²) in [6, 6.07) is 20.7. The molecule has 3 aromatic rings. The fraction of sp³-hybridized carbons (Fsp3) is 0.111. The number of nitrogens with one attached hydrogen (secondary N) is 1. The SMILES string of the molecule is Cc1ccccc1C.c1ccc(-c2cc[nH]c2)cc1. The number of aromatic nitrogens is 1. The van der Waals surface area contributed by atoms with Crippen molar-refractivity contribution in [3.8, 4) is 11.1 Å². The summed E-state index contributed by atoms with van der Waals surface area (Å²) in [6.45, 7) is 4.24. The van der Waals surface area contributed by atoms with E-state index in [2.05, 4.69) is 61.3 Å². The Labute approximate surface area is 114 Å². The quantitative estimate of drug-likeness (QED) is 0.625. The molecule has 0 atom stereocenters. The smallest absolute Gasteiger partial charge is 0.00841 e. The Hall–Kier alpha value is -2.28. The van der Waals surface area contributed by atoms with Crippen LogP contribution in [0, 0.1) is 13.8 Å². The molecular formula is C18H19N. The average molecular weight is 249 g/mol. The molecule has 3 rings (SSSR count). The number of H-pyrrole nitrogens is 1. The zero-order valence-electron chi connectivity index (χ0n) is 11.4. The summed E-state index contributed by atoms with van der Waals surface area (Å²) in [4.78, 5) is 3.03. The van der Waals surface area contributed by atoms with Crippen molar-refractivity contribution in [1.29, 1.82) is 0 Å². The van der Waals surface area contributed by atoms with E-state index in [9.17, 15) is 0 Å². The van der Waals surface area contributed by atoms with E-state index in [0.29, 0.717) is 0 Å². The van der Waals surface area contributed by atoms with Gasteiger partial charge in [0, 0.05) is 12.4 Å². The first-order valence-corrected chi connectivity index (χ1v) is 6.48. The van der Waals surface area contributed by atoms with Crippen LogP contribution in [-0.4, -0.2) is 4.98 Å². The van der Waals surface area contributed by atoms with Crippen LogP contribution in [0.25, 0.3) is 11.1 Å². The lowest BCUT2D eigenvalue weighted by atomic mass is 10.1. The van der Waals surface area contributed by atoms with Gasteiger partial charge in [-0.1, -0.05) is 54.6 Å². The van der Waals surface area contributed by atoms with Crippen LogP contribution in [0.5, 0.6) is 0 Å². The maximum Gasteiger partial charge on any atom is 0.00841 e. The van der Waals surface area contributed by atoms with E-state index in [1.54, 1.807) is 0 Å². The summed E-state index contributed by atoms with van der Waals surface area (Å²) in [7, 11) is 0. The first kappa shape index (κ1) is 13.2. The third kappa shape index (κ3) is 3.85. The average Bonchev–Trinajstić information content (AvgIpc) is 2.98. The first-order chi connectivity index (χ1) is 9.27. The molecule has 1 N–H and O–H groups in total. The van der Waals surface area contributed by atoms with Gasteiger partial charge in [0.15, 0.2) is 0 Å². The van der Waals surface area contributed by atoms with Crippen molar-refractivity contribution >= 4 is 0 Å². The molecule has 1 heteroatoms. The minimum Gasteiger partial charge on any atom is -0.367 e. The summed E-state index contributed by atoms with van der Waals surface area (Å²) < 4.78 is 0. The highest BCUT2D eigenvalue weighted by molar-refractivity contribution is 5.62. The molecule has 1 nitrogen and oxygen atoms in total. The first-order valence-electron chi connectivity index (χ1n) is 6.48. The van der Waals surface area contributed by atoms with E-state index in [1.165, 1.54) is 22.3 Å². The molecule has 0 saturated heterocycles. The predicted octanol–water partition coefficient (Wildman–Crippen LogP) is 4.99. The van der Waals surface area contributed by atoms with Gasteiger partial charge >= 0.3 is 0 Å². The fourth-order valence-corrected chi connectivity index (χ4v) is 1.80. The van der Waals surface area contributed by atoms with Crippen molar-refractivity contribution in [2.24, 2.45) is 0 Å². The minimum absolute atomic E-state index is 1.24. The number of hydrogen-bond donors (Lipinski definition) is 1. The van der Waals surface area contributed by atoms with E-state index in [-0.39, 0.29) is 0 Å². The second kappa shape index (κ2) is 6.60. The second-order valence-electron chi connectivity index (χ2n) is 4.55. The lowest BCUT2D eigenvalue weighted by molar-refractivity contribution is 1.34. The van der Waals surface area contributed by atoms with E-state index >= 15 is 0 Å². The van der Waals surface area contributed by atoms with Crippen molar-refractivity contribution in [2.45, 2.75) is 13.8 Å². The van der Waals surface area contributed by atoms with Crippen molar-refractivity contribution in [2.75, 3.05) is 0 Å². The maximum absolute atomic E-state index is 3.03. The van der Waals surface area contributed by atoms with E-state index in [4.69, 9.17) is 0 Å². The lowest BCUT2D eigenvalue weighted by Gasteiger charge is -1.93. The Morgan fingerprint density at radius 1 is 0.632 bits per heavy atom. The number of hydrogen-bond acceptors (Lipinski definition) is 0. The molecule has 0 bridgehead atoms. The highest BCUT2D eigenvalue weighted by Gasteiger charge is 1.93. The standard InChI is InChI=1S/C10H9N.C8H10/c1-2-4-9(5-3-1)10-6-7-11-8-10;1-7-5-3-4-6-8(7)2/h1-8,11H;3-6H,1-2H3. The van der Waals surface area contributed by atoms with Gasteiger partial charge in [0.05, 0.1) is 0 Å². The zero-order chi connectivity index (χ0) is 13.5. The normalized spacial score (nSPS) is 9.58. The van der Waals surface area contributed by atoms with Crippen LogP contribution in [0.1, 0.15) is 11.1 Å². The number of aryl methyl sites for hydroxylation is 2. The van der Waals surface area contributed by atoms with Crippen LogP contribution in [0.15, 0.2) is 73.1 Å². The molecule has 0 saturated carbocycles. The summed E-state index contributed by atoms with van der Waals surface area (Å²) in [5.74, 6) is 0. The fourth-order valence-electron chi connectivity index (χ4n) is 1.80. The van der Waals surface area contributed by atoms with E-state index in [0.717, 1.165) is 0 Å². The van der Waals surface area contributed by atoms with Gasteiger partial charge in [-0.05, 0) is 42.2 Å². The van der Waals surface area contributed by atoms with Gasteiger partial charge in [-0.15, -0.1) is 0 Å². The van der Waals surface area contributed by atoms with Gasteiger partial charge in [0.2, 0.25) is 0 Å². The number of benzene rings is 2. The molecule has 0 amide bonds. The molecule has 96 valence electrons. The van der Waals surface area contributed by atoms with Gasteiger partial charge in [0.1, 0.15) is 0 Å². The molecule has 19 heavy (non-hydrogen) atoms. The van der Waals surface area contributed by atoms with Crippen molar-refractivity contribution in [3.05, 3.63) is 84.2 Å². The molecule has 0 aliphatic heterocycles. The monoisotopic (exact) mass is 249 g/mol. The van der Waals surface area contributed by atoms with Crippen LogP contribution in [-0.2, 0) is 0 Å². The molecule has 0 fully saturated rings. The lowest BCUT2D eigenvalue weighted by Crippen LogP contribution is -1.74.